The predicted octanol–water partition coefficient (Wildman–Crippen LogP) is 2.87. The van der Waals surface area contributed by atoms with Gasteiger partial charge in [0.05, 0.1) is 29.2 Å². The van der Waals surface area contributed by atoms with E-state index < -0.39 is 54.9 Å². The summed E-state index contributed by atoms with van der Waals surface area (Å²) in [7, 11) is 0. The Morgan fingerprint density at radius 3 is 2.53 bits per heavy atom. The van der Waals surface area contributed by atoms with Crippen LogP contribution in [-0.2, 0) is 22.3 Å². The number of aliphatic hydroxyl groups excluding tert-OH is 2. The van der Waals surface area contributed by atoms with Gasteiger partial charge in [-0.1, -0.05) is 11.6 Å². The molecule has 5 heterocycles. The van der Waals surface area contributed by atoms with Gasteiger partial charge in [0.25, 0.3) is 5.91 Å². The number of imidazole rings is 1. The van der Waals surface area contributed by atoms with Gasteiger partial charge in [0.15, 0.2) is 35.1 Å². The van der Waals surface area contributed by atoms with Crippen LogP contribution in [0.3, 0.4) is 0 Å². The zero-order valence-electron chi connectivity index (χ0n) is 21.3. The molecule has 1 amide bonds. The molecule has 1 aliphatic rings. The maximum absolute atomic E-state index is 13.2. The molecule has 1 saturated heterocycles. The summed E-state index contributed by atoms with van der Waals surface area (Å²) >= 11 is 6.05. The fourth-order valence-corrected chi connectivity index (χ4v) is 4.38. The number of nitrogens with one attached hydrogen (secondary N) is 2. The third-order valence-corrected chi connectivity index (χ3v) is 6.41. The molecule has 5 rings (SSSR count). The van der Waals surface area contributed by atoms with E-state index in [2.05, 4.69) is 30.2 Å². The summed E-state index contributed by atoms with van der Waals surface area (Å²) in [5, 5.41) is 25.7. The van der Waals surface area contributed by atoms with Gasteiger partial charge in [0, 0.05) is 24.2 Å². The van der Waals surface area contributed by atoms with E-state index in [9.17, 15) is 41.4 Å². The first-order valence-corrected chi connectivity index (χ1v) is 12.6. The number of rotatable bonds is 7. The van der Waals surface area contributed by atoms with Crippen molar-refractivity contribution in [2.75, 3.05) is 11.9 Å². The number of hydrogen-bond donors (Lipinski definition) is 4. The van der Waals surface area contributed by atoms with Crippen LogP contribution in [0.1, 0.15) is 17.5 Å². The average Bonchev–Trinajstić information content (AvgIpc) is 3.50. The zero-order valence-corrected chi connectivity index (χ0v) is 22.1. The number of ether oxygens (including phenoxy) is 1. The van der Waals surface area contributed by atoms with Gasteiger partial charge in [-0.15, -0.1) is 0 Å². The predicted molar refractivity (Wildman–Crippen MR) is 135 cm³/mol. The van der Waals surface area contributed by atoms with Crippen molar-refractivity contribution in [2.45, 2.75) is 43.4 Å². The lowest BCUT2D eigenvalue weighted by Gasteiger charge is -2.17. The van der Waals surface area contributed by atoms with Crippen molar-refractivity contribution < 1.29 is 46.1 Å². The normalized spacial score (nSPS) is 20.9. The van der Waals surface area contributed by atoms with Crippen molar-refractivity contribution >= 4 is 34.5 Å². The van der Waals surface area contributed by atoms with E-state index in [0.29, 0.717) is 5.56 Å². The molecule has 228 valence electrons. The highest BCUT2D eigenvalue weighted by Gasteiger charge is 2.48. The van der Waals surface area contributed by atoms with E-state index in [1.807, 2.05) is 0 Å². The standard InChI is InChI=1S/C24H19ClF6N8O4/c25-12-3-10(5-32-6-12)18-37-19(34-7-13-4-11(1-2-33-13)24(29,30)31)14-20(38-18)39(9-36-14)22-16(41)15(40)17(43-22)21(42)35-8-23(26,27)28/h1-6,9,15-17,22,40-41H,7-8H2,(H,35,42)(H,34,37,38)/t15-,16+,17-,22+/m0/s1. The van der Waals surface area contributed by atoms with Crippen LogP contribution in [0.25, 0.3) is 22.6 Å². The van der Waals surface area contributed by atoms with E-state index in [4.69, 9.17) is 16.3 Å². The molecule has 0 bridgehead atoms. The molecular formula is C24H19ClF6N8O4. The van der Waals surface area contributed by atoms with Crippen molar-refractivity contribution in [1.82, 2.24) is 34.8 Å². The Balaban J connectivity index is 1.50. The van der Waals surface area contributed by atoms with E-state index >= 15 is 0 Å². The molecule has 4 aromatic heterocycles. The Morgan fingerprint density at radius 1 is 1.07 bits per heavy atom. The first-order valence-electron chi connectivity index (χ1n) is 12.2. The molecule has 0 spiro atoms. The number of aliphatic hydroxyl groups is 2. The maximum atomic E-state index is 13.2. The van der Waals surface area contributed by atoms with Crippen molar-refractivity contribution in [1.29, 1.82) is 0 Å². The molecule has 1 fully saturated rings. The molecule has 4 aromatic rings. The summed E-state index contributed by atoms with van der Waals surface area (Å²) in [6, 6.07) is 3.14. The van der Waals surface area contributed by atoms with Crippen LogP contribution in [-0.4, -0.2) is 76.6 Å². The molecule has 4 N–H and O–H groups in total. The van der Waals surface area contributed by atoms with Crippen LogP contribution in [0.4, 0.5) is 32.2 Å². The molecule has 4 atom stereocenters. The number of nitrogens with zero attached hydrogens (tertiary/aromatic N) is 6. The van der Waals surface area contributed by atoms with Crippen molar-refractivity contribution in [3.05, 3.63) is 59.4 Å². The maximum Gasteiger partial charge on any atom is 0.416 e. The smallest absolute Gasteiger partial charge is 0.387 e. The van der Waals surface area contributed by atoms with E-state index in [1.165, 1.54) is 18.5 Å². The van der Waals surface area contributed by atoms with Crippen molar-refractivity contribution in [3.8, 4) is 11.4 Å². The Labute approximate surface area is 241 Å². The molecular weight excluding hydrogens is 614 g/mol. The highest BCUT2D eigenvalue weighted by atomic mass is 35.5. The number of aromatic nitrogens is 6. The number of carbonyl (C=O) groups excluding carboxylic acids is 1. The van der Waals surface area contributed by atoms with E-state index in [1.54, 1.807) is 5.32 Å². The fourth-order valence-electron chi connectivity index (χ4n) is 4.21. The van der Waals surface area contributed by atoms with Gasteiger partial charge in [-0.3, -0.25) is 19.3 Å². The Kier molecular flexibility index (Phi) is 8.12. The van der Waals surface area contributed by atoms with Gasteiger partial charge in [0.2, 0.25) is 0 Å². The minimum atomic E-state index is -4.73. The van der Waals surface area contributed by atoms with Crippen LogP contribution in [0.15, 0.2) is 43.1 Å². The molecule has 0 saturated carbocycles. The van der Waals surface area contributed by atoms with Crippen LogP contribution >= 0.6 is 11.6 Å². The number of amides is 1. The summed E-state index contributed by atoms with van der Waals surface area (Å²) in [6.07, 6.45) is -11.6. The molecule has 43 heavy (non-hydrogen) atoms. The van der Waals surface area contributed by atoms with Crippen LogP contribution < -0.4 is 10.6 Å². The molecule has 0 unspecified atom stereocenters. The lowest BCUT2D eigenvalue weighted by atomic mass is 10.1. The number of halogens is 7. The first-order chi connectivity index (χ1) is 20.2. The molecule has 1 aliphatic heterocycles. The fraction of sp³-hybridized carbons (Fsp3) is 0.333. The molecule has 19 heteroatoms. The number of carbonyl (C=O) groups is 1. The summed E-state index contributed by atoms with van der Waals surface area (Å²) < 4.78 is 83.8. The SMILES string of the molecule is O=C(NCC(F)(F)F)[C@H]1O[C@@H](n2cnc3c(NCc4cc(C(F)(F)F)ccn4)nc(-c4cncc(Cl)c4)nc32)[C@H](O)[C@@H]1O. The topological polar surface area (TPSA) is 160 Å². The number of anilines is 1. The van der Waals surface area contributed by atoms with Crippen LogP contribution in [0.5, 0.6) is 0 Å². The van der Waals surface area contributed by atoms with Gasteiger partial charge < -0.3 is 25.6 Å². The van der Waals surface area contributed by atoms with Gasteiger partial charge in [0.1, 0.15) is 18.8 Å². The summed E-state index contributed by atoms with van der Waals surface area (Å²) in [4.78, 5) is 33.2. The highest BCUT2D eigenvalue weighted by molar-refractivity contribution is 6.30. The summed E-state index contributed by atoms with van der Waals surface area (Å²) in [5.74, 6) is -1.31. The lowest BCUT2D eigenvalue weighted by Crippen LogP contribution is -2.45. The monoisotopic (exact) mass is 632 g/mol. The molecule has 0 aromatic carbocycles. The minimum absolute atomic E-state index is 0.00347. The van der Waals surface area contributed by atoms with Crippen LogP contribution in [0.2, 0.25) is 5.02 Å². The van der Waals surface area contributed by atoms with Crippen LogP contribution in [0, 0.1) is 0 Å². The minimum Gasteiger partial charge on any atom is -0.387 e. The number of hydrogen-bond acceptors (Lipinski definition) is 10. The van der Waals surface area contributed by atoms with Crippen molar-refractivity contribution in [3.63, 3.8) is 0 Å². The first kappa shape index (κ1) is 30.3. The lowest BCUT2D eigenvalue weighted by molar-refractivity contribution is -0.149. The Morgan fingerprint density at radius 2 is 1.84 bits per heavy atom. The molecule has 12 nitrogen and oxygen atoms in total. The summed E-state index contributed by atoms with van der Waals surface area (Å²) in [5.41, 5.74) is -0.614. The second kappa shape index (κ2) is 11.5. The number of alkyl halides is 6. The molecule has 0 radical (unpaired) electrons. The van der Waals surface area contributed by atoms with Gasteiger partial charge >= 0.3 is 12.4 Å². The van der Waals surface area contributed by atoms with E-state index in [-0.39, 0.29) is 40.1 Å². The highest BCUT2D eigenvalue weighted by Crippen LogP contribution is 2.34. The Bertz CT molecular complexity index is 1650. The third-order valence-electron chi connectivity index (χ3n) is 6.20. The number of fused-ring (bicyclic) bond motifs is 1. The van der Waals surface area contributed by atoms with Gasteiger partial charge in [-0.25, -0.2) is 15.0 Å². The van der Waals surface area contributed by atoms with Crippen molar-refractivity contribution in [2.24, 2.45) is 0 Å². The largest absolute Gasteiger partial charge is 0.416 e. The summed E-state index contributed by atoms with van der Waals surface area (Å²) in [6.45, 7) is -1.92. The van der Waals surface area contributed by atoms with Gasteiger partial charge in [-0.2, -0.15) is 26.3 Å². The number of pyridine rings is 2. The quantitative estimate of drug-likeness (QED) is 0.223. The third kappa shape index (κ3) is 6.61. The average molecular weight is 633 g/mol. The second-order valence-electron chi connectivity index (χ2n) is 9.26. The Hall–Kier alpha value is -4.13. The van der Waals surface area contributed by atoms with E-state index in [0.717, 1.165) is 29.2 Å². The molecule has 0 aliphatic carbocycles. The zero-order chi connectivity index (χ0) is 31.1. The second-order valence-corrected chi connectivity index (χ2v) is 9.70. The van der Waals surface area contributed by atoms with Gasteiger partial charge in [-0.05, 0) is 18.2 Å².